The number of halogens is 3. The second-order valence-corrected chi connectivity index (χ2v) is 10.7. The molecule has 0 bridgehead atoms. The van der Waals surface area contributed by atoms with Gasteiger partial charge in [0.15, 0.2) is 5.82 Å². The highest BCUT2D eigenvalue weighted by atomic mass is 35.5. The van der Waals surface area contributed by atoms with Gasteiger partial charge in [-0.25, -0.2) is 8.78 Å². The van der Waals surface area contributed by atoms with E-state index in [2.05, 4.69) is 10.4 Å². The fourth-order valence-electron chi connectivity index (χ4n) is 4.64. The molecule has 0 radical (unpaired) electrons. The number of carbonyl (C=O) groups is 2. The van der Waals surface area contributed by atoms with Crippen LogP contribution in [0.1, 0.15) is 17.0 Å². The molecule has 4 N–H and O–H groups in total. The first-order valence-corrected chi connectivity index (χ1v) is 12.9. The van der Waals surface area contributed by atoms with Crippen molar-refractivity contribution in [2.45, 2.75) is 32.1 Å². The average molecular weight is 557 g/mol. The SMILES string of the molecule is Cc1cc2c(s1)c(C(=N)N)nn2CC(=O)N1C[C@H](F)C[C@H]1C(=O)Nc1cccc(-c2ccccc2Cl)c1F. The second kappa shape index (κ2) is 10.1. The van der Waals surface area contributed by atoms with Gasteiger partial charge in [0, 0.05) is 27.4 Å². The lowest BCUT2D eigenvalue weighted by atomic mass is 10.0. The van der Waals surface area contributed by atoms with Crippen molar-refractivity contribution in [3.05, 3.63) is 69.9 Å². The summed E-state index contributed by atoms with van der Waals surface area (Å²) in [6.45, 7) is 1.34. The summed E-state index contributed by atoms with van der Waals surface area (Å²) in [5.74, 6) is -2.15. The van der Waals surface area contributed by atoms with E-state index in [4.69, 9.17) is 22.7 Å². The Hall–Kier alpha value is -3.83. The lowest BCUT2D eigenvalue weighted by molar-refractivity contribution is -0.137. The van der Waals surface area contributed by atoms with Crippen LogP contribution in [0.3, 0.4) is 0 Å². The third-order valence-corrected chi connectivity index (χ3v) is 7.76. The molecule has 0 spiro atoms. The molecule has 8 nitrogen and oxygen atoms in total. The van der Waals surface area contributed by atoms with Crippen molar-refractivity contribution in [1.29, 1.82) is 5.41 Å². The molecule has 1 aliphatic rings. The first kappa shape index (κ1) is 25.8. The molecule has 3 heterocycles. The number of anilines is 1. The zero-order valence-electron chi connectivity index (χ0n) is 20.2. The number of nitrogens with zero attached hydrogens (tertiary/aromatic N) is 3. The number of hydrogen-bond donors (Lipinski definition) is 3. The number of amidine groups is 1. The lowest BCUT2D eigenvalue weighted by Gasteiger charge is -2.24. The highest BCUT2D eigenvalue weighted by Gasteiger charge is 2.40. The van der Waals surface area contributed by atoms with E-state index >= 15 is 4.39 Å². The minimum absolute atomic E-state index is 0.101. The van der Waals surface area contributed by atoms with Crippen molar-refractivity contribution in [2.24, 2.45) is 5.73 Å². The number of aromatic nitrogens is 2. The van der Waals surface area contributed by atoms with Crippen LogP contribution >= 0.6 is 22.9 Å². The van der Waals surface area contributed by atoms with Gasteiger partial charge in [-0.3, -0.25) is 19.7 Å². The summed E-state index contributed by atoms with van der Waals surface area (Å²) < 4.78 is 31.9. The Labute approximate surface area is 225 Å². The fourth-order valence-corrected chi connectivity index (χ4v) is 5.89. The van der Waals surface area contributed by atoms with Crippen molar-refractivity contribution >= 4 is 56.5 Å². The van der Waals surface area contributed by atoms with Crippen LogP contribution in [0.15, 0.2) is 48.5 Å². The molecule has 2 atom stereocenters. The van der Waals surface area contributed by atoms with Crippen molar-refractivity contribution < 1.29 is 18.4 Å². The van der Waals surface area contributed by atoms with E-state index in [0.29, 0.717) is 20.8 Å². The summed E-state index contributed by atoms with van der Waals surface area (Å²) in [7, 11) is 0. The summed E-state index contributed by atoms with van der Waals surface area (Å²) in [6.07, 6.45) is -1.63. The third-order valence-electron chi connectivity index (χ3n) is 6.38. The van der Waals surface area contributed by atoms with Gasteiger partial charge in [0.2, 0.25) is 11.8 Å². The topological polar surface area (TPSA) is 117 Å². The Kier molecular flexibility index (Phi) is 6.89. The maximum Gasteiger partial charge on any atom is 0.247 e. The molecule has 38 heavy (non-hydrogen) atoms. The predicted octanol–water partition coefficient (Wildman–Crippen LogP) is 4.73. The van der Waals surface area contributed by atoms with Gasteiger partial charge in [-0.1, -0.05) is 41.9 Å². The molecule has 0 unspecified atom stereocenters. The lowest BCUT2D eigenvalue weighted by Crippen LogP contribution is -2.44. The van der Waals surface area contributed by atoms with E-state index in [1.807, 2.05) is 13.0 Å². The van der Waals surface area contributed by atoms with Crippen LogP contribution in [0.5, 0.6) is 0 Å². The van der Waals surface area contributed by atoms with Gasteiger partial charge in [-0.15, -0.1) is 11.3 Å². The molecule has 2 aromatic carbocycles. The standard InChI is InChI=1S/C26H23ClF2N6O2S/c1-13-9-19-24(38-13)23(25(30)31)33-35(19)12-21(36)34-11-14(28)10-20(34)26(37)32-18-8-4-6-16(22(18)29)15-5-2-3-7-17(15)27/h2-9,14,20H,10-12H2,1H3,(H3,30,31)(H,32,37)/t14-,20+/m1/s1. The van der Waals surface area contributed by atoms with Crippen molar-refractivity contribution in [1.82, 2.24) is 14.7 Å². The number of fused-ring (bicyclic) bond motifs is 1. The summed E-state index contributed by atoms with van der Waals surface area (Å²) in [5.41, 5.74) is 7.10. The van der Waals surface area contributed by atoms with E-state index in [1.165, 1.54) is 22.1 Å². The number of aryl methyl sites for hydroxylation is 1. The normalized spacial score (nSPS) is 17.2. The van der Waals surface area contributed by atoms with Crippen LogP contribution < -0.4 is 11.1 Å². The molecule has 12 heteroatoms. The molecule has 5 rings (SSSR count). The van der Waals surface area contributed by atoms with Gasteiger partial charge in [-0.05, 0) is 25.1 Å². The molecular formula is C26H23ClF2N6O2S. The molecule has 1 fully saturated rings. The summed E-state index contributed by atoms with van der Waals surface area (Å²) in [6, 6.07) is 11.9. The number of nitrogens with two attached hydrogens (primary N) is 1. The van der Waals surface area contributed by atoms with E-state index in [0.717, 1.165) is 9.78 Å². The van der Waals surface area contributed by atoms with Crippen LogP contribution in [0.25, 0.3) is 21.3 Å². The molecule has 0 aliphatic carbocycles. The maximum absolute atomic E-state index is 15.4. The van der Waals surface area contributed by atoms with Gasteiger partial charge in [0.1, 0.15) is 30.3 Å². The fraction of sp³-hybridized carbons (Fsp3) is 0.231. The second-order valence-electron chi connectivity index (χ2n) is 9.02. The number of amides is 2. The van der Waals surface area contributed by atoms with E-state index in [-0.39, 0.29) is 42.3 Å². The van der Waals surface area contributed by atoms with E-state index in [9.17, 15) is 14.0 Å². The number of alkyl halides is 1. The number of carbonyl (C=O) groups excluding carboxylic acids is 2. The number of nitrogen functional groups attached to an aromatic ring is 1. The highest BCUT2D eigenvalue weighted by molar-refractivity contribution is 7.19. The Morgan fingerprint density at radius 2 is 1.97 bits per heavy atom. The van der Waals surface area contributed by atoms with Crippen molar-refractivity contribution in [3.8, 4) is 11.1 Å². The first-order chi connectivity index (χ1) is 18.1. The molecule has 2 amide bonds. The molecular weight excluding hydrogens is 534 g/mol. The van der Waals surface area contributed by atoms with Crippen LogP contribution in [-0.4, -0.2) is 51.1 Å². The van der Waals surface area contributed by atoms with Gasteiger partial charge in [0.05, 0.1) is 22.4 Å². The van der Waals surface area contributed by atoms with Gasteiger partial charge < -0.3 is 16.0 Å². The van der Waals surface area contributed by atoms with Gasteiger partial charge in [0.25, 0.3) is 0 Å². The number of hydrogen-bond acceptors (Lipinski definition) is 5. The number of benzene rings is 2. The smallest absolute Gasteiger partial charge is 0.247 e. The molecule has 196 valence electrons. The molecule has 1 aliphatic heterocycles. The van der Waals surface area contributed by atoms with Gasteiger partial charge >= 0.3 is 0 Å². The van der Waals surface area contributed by atoms with Crippen LogP contribution in [-0.2, 0) is 16.1 Å². The molecule has 4 aromatic rings. The van der Waals surface area contributed by atoms with Gasteiger partial charge in [-0.2, -0.15) is 5.10 Å². The predicted molar refractivity (Wildman–Crippen MR) is 144 cm³/mol. The zero-order valence-corrected chi connectivity index (χ0v) is 21.7. The van der Waals surface area contributed by atoms with E-state index < -0.39 is 29.8 Å². The largest absolute Gasteiger partial charge is 0.382 e. The average Bonchev–Trinajstić information content (AvgIpc) is 3.54. The third kappa shape index (κ3) is 4.74. The molecule has 2 aromatic heterocycles. The number of rotatable bonds is 6. The first-order valence-electron chi connectivity index (χ1n) is 11.7. The number of thiophene rings is 1. The minimum Gasteiger partial charge on any atom is -0.382 e. The summed E-state index contributed by atoms with van der Waals surface area (Å²) in [4.78, 5) is 28.5. The maximum atomic E-state index is 15.4. The monoisotopic (exact) mass is 556 g/mol. The molecule has 1 saturated heterocycles. The van der Waals surface area contributed by atoms with Crippen LogP contribution in [0.4, 0.5) is 14.5 Å². The van der Waals surface area contributed by atoms with E-state index in [1.54, 1.807) is 36.4 Å². The Balaban J connectivity index is 1.37. The highest BCUT2D eigenvalue weighted by Crippen LogP contribution is 2.33. The van der Waals surface area contributed by atoms with Crippen molar-refractivity contribution in [3.63, 3.8) is 0 Å². The van der Waals surface area contributed by atoms with Crippen LogP contribution in [0, 0.1) is 18.2 Å². The summed E-state index contributed by atoms with van der Waals surface area (Å²) in [5, 5.41) is 14.9. The Morgan fingerprint density at radius 3 is 2.71 bits per heavy atom. The minimum atomic E-state index is -1.41. The quantitative estimate of drug-likeness (QED) is 0.235. The Morgan fingerprint density at radius 1 is 1.24 bits per heavy atom. The van der Waals surface area contributed by atoms with Crippen molar-refractivity contribution in [2.75, 3.05) is 11.9 Å². The number of likely N-dealkylation sites (tertiary alicyclic amines) is 1. The molecule has 0 saturated carbocycles. The Bertz CT molecular complexity index is 1590. The number of nitrogens with one attached hydrogen (secondary N) is 2. The van der Waals surface area contributed by atoms with Crippen LogP contribution in [0.2, 0.25) is 5.02 Å². The zero-order chi connectivity index (χ0) is 27.1. The summed E-state index contributed by atoms with van der Waals surface area (Å²) >= 11 is 7.62.